The molecule has 25 heavy (non-hydrogen) atoms. The second kappa shape index (κ2) is 4.91. The number of hydrogen-bond donors (Lipinski definition) is 0. The Hall–Kier alpha value is -2.69. The van der Waals surface area contributed by atoms with Crippen LogP contribution in [-0.2, 0) is 5.41 Å². The fourth-order valence-corrected chi connectivity index (χ4v) is 4.40. The molecule has 0 aromatic heterocycles. The summed E-state index contributed by atoms with van der Waals surface area (Å²) in [4.78, 5) is 14.5. The molecule has 1 atom stereocenters. The molecule has 3 aliphatic heterocycles. The number of hydrogen-bond acceptors (Lipinski definition) is 5. The normalized spacial score (nSPS) is 22.6. The van der Waals surface area contributed by atoms with Gasteiger partial charge in [0.05, 0.1) is 5.41 Å². The van der Waals surface area contributed by atoms with E-state index in [0.29, 0.717) is 19.8 Å². The summed E-state index contributed by atoms with van der Waals surface area (Å²) in [6.45, 7) is 4.03. The predicted octanol–water partition coefficient (Wildman–Crippen LogP) is 2.79. The summed E-state index contributed by atoms with van der Waals surface area (Å²) < 4.78 is 17.5. The summed E-state index contributed by atoms with van der Waals surface area (Å²) in [5, 5.41) is 0. The van der Waals surface area contributed by atoms with Crippen LogP contribution < -0.4 is 19.1 Å². The van der Waals surface area contributed by atoms with Gasteiger partial charge in [-0.05, 0) is 19.1 Å². The standard InChI is InChI=1S/C20H19NO4/c1-12(22)13-4-3-5-15-19(13)20(10-21(15)2)11-25-16-9-18-17(8-14(16)20)23-6-7-24-18/h3-5,8-9H,6-7,10-11H2,1-2H3. The molecule has 0 saturated heterocycles. The van der Waals surface area contributed by atoms with E-state index < -0.39 is 0 Å². The third kappa shape index (κ3) is 1.86. The Morgan fingerprint density at radius 3 is 2.60 bits per heavy atom. The molecule has 0 radical (unpaired) electrons. The lowest BCUT2D eigenvalue weighted by Gasteiger charge is -2.26. The largest absolute Gasteiger partial charge is 0.492 e. The van der Waals surface area contributed by atoms with Crippen molar-refractivity contribution in [2.75, 3.05) is 38.3 Å². The highest BCUT2D eigenvalue weighted by molar-refractivity contribution is 5.99. The van der Waals surface area contributed by atoms with E-state index in [1.807, 2.05) is 24.3 Å². The van der Waals surface area contributed by atoms with Gasteiger partial charge in [0.2, 0.25) is 0 Å². The van der Waals surface area contributed by atoms with Crippen LogP contribution >= 0.6 is 0 Å². The Morgan fingerprint density at radius 2 is 1.84 bits per heavy atom. The van der Waals surface area contributed by atoms with Crippen LogP contribution in [-0.4, -0.2) is 39.2 Å². The second-order valence-electron chi connectivity index (χ2n) is 6.97. The number of anilines is 1. The lowest BCUT2D eigenvalue weighted by atomic mass is 9.75. The molecular weight excluding hydrogens is 318 g/mol. The highest BCUT2D eigenvalue weighted by Crippen LogP contribution is 2.54. The monoisotopic (exact) mass is 337 g/mol. The van der Waals surface area contributed by atoms with Crippen molar-refractivity contribution in [1.82, 2.24) is 0 Å². The van der Waals surface area contributed by atoms with Gasteiger partial charge in [0.25, 0.3) is 0 Å². The maximum Gasteiger partial charge on any atom is 0.165 e. The molecule has 0 aliphatic carbocycles. The average Bonchev–Trinajstić information content (AvgIpc) is 3.12. The quantitative estimate of drug-likeness (QED) is 0.749. The van der Waals surface area contributed by atoms with Crippen LogP contribution in [0.1, 0.15) is 28.4 Å². The van der Waals surface area contributed by atoms with Gasteiger partial charge in [-0.15, -0.1) is 0 Å². The molecule has 2 aromatic rings. The van der Waals surface area contributed by atoms with Crippen molar-refractivity contribution >= 4 is 11.5 Å². The fourth-order valence-electron chi connectivity index (χ4n) is 4.40. The molecule has 5 nitrogen and oxygen atoms in total. The first-order chi connectivity index (χ1) is 12.1. The first kappa shape index (κ1) is 14.6. The van der Waals surface area contributed by atoms with Crippen LogP contribution in [0, 0.1) is 0 Å². The van der Waals surface area contributed by atoms with Gasteiger partial charge in [-0.25, -0.2) is 0 Å². The highest BCUT2D eigenvalue weighted by Gasteiger charge is 2.51. The van der Waals surface area contributed by atoms with E-state index in [9.17, 15) is 4.79 Å². The minimum Gasteiger partial charge on any atom is -0.492 e. The molecule has 0 fully saturated rings. The first-order valence-corrected chi connectivity index (χ1v) is 8.53. The van der Waals surface area contributed by atoms with E-state index in [1.165, 1.54) is 0 Å². The Morgan fingerprint density at radius 1 is 1.08 bits per heavy atom. The Bertz CT molecular complexity index is 907. The Kier molecular flexibility index (Phi) is 2.87. The van der Waals surface area contributed by atoms with Crippen LogP contribution in [0.5, 0.6) is 17.2 Å². The van der Waals surface area contributed by atoms with Crippen molar-refractivity contribution in [3.63, 3.8) is 0 Å². The molecule has 128 valence electrons. The lowest BCUT2D eigenvalue weighted by molar-refractivity contribution is 0.101. The molecule has 3 heterocycles. The van der Waals surface area contributed by atoms with Gasteiger partial charge in [-0.3, -0.25) is 4.79 Å². The fraction of sp³-hybridized carbons (Fsp3) is 0.350. The highest BCUT2D eigenvalue weighted by atomic mass is 16.6. The number of likely N-dealkylation sites (N-methyl/N-ethyl adjacent to an activating group) is 1. The van der Waals surface area contributed by atoms with Gasteiger partial charge in [-0.1, -0.05) is 12.1 Å². The zero-order chi connectivity index (χ0) is 17.2. The molecule has 1 unspecified atom stereocenters. The number of fused-ring (bicyclic) bond motifs is 5. The SMILES string of the molecule is CC(=O)c1cccc2c1C1(COc3cc4c(cc31)OCCO4)CN2C. The van der Waals surface area contributed by atoms with E-state index in [4.69, 9.17) is 14.2 Å². The number of rotatable bonds is 1. The zero-order valence-electron chi connectivity index (χ0n) is 14.3. The second-order valence-corrected chi connectivity index (χ2v) is 6.97. The minimum atomic E-state index is -0.350. The van der Waals surface area contributed by atoms with Gasteiger partial charge >= 0.3 is 0 Å². The molecule has 1 spiro atoms. The van der Waals surface area contributed by atoms with E-state index >= 15 is 0 Å². The maximum atomic E-state index is 12.3. The van der Waals surface area contributed by atoms with Crippen molar-refractivity contribution < 1.29 is 19.0 Å². The number of carbonyl (C=O) groups is 1. The maximum absolute atomic E-state index is 12.3. The van der Waals surface area contributed by atoms with Crippen molar-refractivity contribution in [2.24, 2.45) is 0 Å². The van der Waals surface area contributed by atoms with Crippen LogP contribution in [0.25, 0.3) is 0 Å². The summed E-state index contributed by atoms with van der Waals surface area (Å²) >= 11 is 0. The zero-order valence-corrected chi connectivity index (χ0v) is 14.3. The number of benzene rings is 2. The number of carbonyl (C=O) groups excluding carboxylic acids is 1. The van der Waals surface area contributed by atoms with Gasteiger partial charge in [0, 0.05) is 42.0 Å². The molecule has 5 heteroatoms. The summed E-state index contributed by atoms with van der Waals surface area (Å²) in [7, 11) is 2.06. The predicted molar refractivity (Wildman–Crippen MR) is 93.4 cm³/mol. The van der Waals surface area contributed by atoms with Crippen molar-refractivity contribution in [2.45, 2.75) is 12.3 Å². The van der Waals surface area contributed by atoms with Crippen LogP contribution in [0.4, 0.5) is 5.69 Å². The third-order valence-corrected chi connectivity index (χ3v) is 5.45. The topological polar surface area (TPSA) is 48.0 Å². The van der Waals surface area contributed by atoms with Gasteiger partial charge < -0.3 is 19.1 Å². The van der Waals surface area contributed by atoms with E-state index in [1.54, 1.807) is 6.92 Å². The molecule has 0 N–H and O–H groups in total. The molecule has 0 amide bonds. The number of ketones is 1. The van der Waals surface area contributed by atoms with Crippen LogP contribution in [0.3, 0.4) is 0 Å². The molecular formula is C20H19NO4. The molecule has 3 aliphatic rings. The summed E-state index contributed by atoms with van der Waals surface area (Å²) in [5.74, 6) is 2.39. The molecule has 5 rings (SSSR count). The van der Waals surface area contributed by atoms with Crippen molar-refractivity contribution in [1.29, 1.82) is 0 Å². The number of ether oxygens (including phenoxy) is 3. The Balaban J connectivity index is 1.76. The Labute approximate surface area is 146 Å². The smallest absolute Gasteiger partial charge is 0.165 e. The molecule has 0 saturated carbocycles. The summed E-state index contributed by atoms with van der Waals surface area (Å²) in [6.07, 6.45) is 0. The van der Waals surface area contributed by atoms with Gasteiger partial charge in [0.15, 0.2) is 17.3 Å². The molecule has 2 aromatic carbocycles. The van der Waals surface area contributed by atoms with Crippen LogP contribution in [0.2, 0.25) is 0 Å². The van der Waals surface area contributed by atoms with Crippen molar-refractivity contribution in [3.05, 3.63) is 47.0 Å². The van der Waals surface area contributed by atoms with E-state index in [-0.39, 0.29) is 11.2 Å². The lowest BCUT2D eigenvalue weighted by Crippen LogP contribution is -2.35. The summed E-state index contributed by atoms with van der Waals surface area (Å²) in [6, 6.07) is 9.90. The summed E-state index contributed by atoms with van der Waals surface area (Å²) in [5.41, 5.74) is 3.67. The van der Waals surface area contributed by atoms with E-state index in [0.717, 1.165) is 46.2 Å². The van der Waals surface area contributed by atoms with Crippen LogP contribution in [0.15, 0.2) is 30.3 Å². The first-order valence-electron chi connectivity index (χ1n) is 8.53. The number of nitrogens with zero attached hydrogens (tertiary/aromatic N) is 1. The third-order valence-electron chi connectivity index (χ3n) is 5.45. The van der Waals surface area contributed by atoms with E-state index in [2.05, 4.69) is 18.0 Å². The average molecular weight is 337 g/mol. The number of Topliss-reactive ketones (excluding diaryl/α,β-unsaturated/α-hetero) is 1. The minimum absolute atomic E-state index is 0.0810. The van der Waals surface area contributed by atoms with Crippen molar-refractivity contribution in [3.8, 4) is 17.2 Å². The molecule has 0 bridgehead atoms. The van der Waals surface area contributed by atoms with Gasteiger partial charge in [-0.2, -0.15) is 0 Å². The van der Waals surface area contributed by atoms with Gasteiger partial charge in [0.1, 0.15) is 25.6 Å².